The van der Waals surface area contributed by atoms with E-state index in [4.69, 9.17) is 4.74 Å². The predicted octanol–water partition coefficient (Wildman–Crippen LogP) is 3.97. The number of aromatic nitrogens is 3. The Bertz CT molecular complexity index is 1870. The quantitative estimate of drug-likeness (QED) is 0.167. The molecule has 1 saturated heterocycles. The molecule has 3 heterocycles. The van der Waals surface area contributed by atoms with Crippen LogP contribution in [0.25, 0.3) is 11.1 Å². The number of ether oxygens (including phenoxy) is 2. The molecule has 0 bridgehead atoms. The second-order valence-corrected chi connectivity index (χ2v) is 9.15. The van der Waals surface area contributed by atoms with Gasteiger partial charge in [0, 0.05) is 24.5 Å². The van der Waals surface area contributed by atoms with Crippen molar-refractivity contribution < 1.29 is 63.4 Å². The fraction of sp³-hybridized carbons (Fsp3) is 0.240. The van der Waals surface area contributed by atoms with Crippen molar-refractivity contribution in [2.45, 2.75) is 12.4 Å². The highest BCUT2D eigenvalue weighted by Crippen LogP contribution is 2.37. The van der Waals surface area contributed by atoms with Gasteiger partial charge in [-0.2, -0.15) is 31.3 Å². The fourth-order valence-corrected chi connectivity index (χ4v) is 4.05. The molecule has 5 rings (SSSR count). The van der Waals surface area contributed by atoms with Gasteiger partial charge in [0.25, 0.3) is 0 Å². The van der Waals surface area contributed by atoms with Gasteiger partial charge in [-0.15, -0.1) is 0 Å². The molecule has 0 amide bonds. The summed E-state index contributed by atoms with van der Waals surface area (Å²) >= 11 is 0. The lowest BCUT2D eigenvalue weighted by Gasteiger charge is -2.29. The zero-order valence-electron chi connectivity index (χ0n) is 22.5. The number of halogens is 8. The van der Waals surface area contributed by atoms with E-state index in [9.17, 15) is 49.5 Å². The summed E-state index contributed by atoms with van der Waals surface area (Å²) in [6.07, 6.45) is -10.8. The highest BCUT2D eigenvalue weighted by Gasteiger charge is 2.44. The molecule has 2 aromatic heterocycles. The summed E-state index contributed by atoms with van der Waals surface area (Å²) in [5.41, 5.74) is -2.22. The average Bonchev–Trinajstić information content (AvgIpc) is 3.29. The first-order valence-electron chi connectivity index (χ1n) is 12.6. The Morgan fingerprint density at radius 3 is 2.30 bits per heavy atom. The molecule has 0 unspecified atom stereocenters. The summed E-state index contributed by atoms with van der Waals surface area (Å²) in [7, 11) is 0. The van der Waals surface area contributed by atoms with Crippen molar-refractivity contribution in [3.8, 4) is 5.75 Å². The third-order valence-corrected chi connectivity index (χ3v) is 6.00. The summed E-state index contributed by atoms with van der Waals surface area (Å²) in [6.45, 7) is 1.74. The van der Waals surface area contributed by atoms with Crippen LogP contribution in [0.3, 0.4) is 0 Å². The van der Waals surface area contributed by atoms with Crippen LogP contribution in [0.15, 0.2) is 45.7 Å². The largest absolute Gasteiger partial charge is 0.493 e. The van der Waals surface area contributed by atoms with Gasteiger partial charge in [-0.3, -0.25) is 0 Å². The van der Waals surface area contributed by atoms with Gasteiger partial charge in [0.05, 0.1) is 25.1 Å². The molecule has 13 nitrogen and oxygen atoms in total. The minimum atomic E-state index is -5.68. The van der Waals surface area contributed by atoms with Gasteiger partial charge in [0.15, 0.2) is 28.5 Å². The topological polar surface area (TPSA) is 150 Å². The molecule has 2 N–H and O–H groups in total. The highest BCUT2D eigenvalue weighted by molar-refractivity contribution is 5.92. The first kappa shape index (κ1) is 31.9. The molecule has 21 heteroatoms. The smallest absolute Gasteiger partial charge is 0.415 e. The van der Waals surface area contributed by atoms with Gasteiger partial charge in [-0.25, -0.2) is 28.1 Å². The molecule has 1 fully saturated rings. The van der Waals surface area contributed by atoms with E-state index in [0.29, 0.717) is 38.2 Å². The Morgan fingerprint density at radius 2 is 1.63 bits per heavy atom. The fourth-order valence-electron chi connectivity index (χ4n) is 4.05. The maximum Gasteiger partial charge on any atom is 0.493 e. The van der Waals surface area contributed by atoms with Gasteiger partial charge >= 0.3 is 30.0 Å². The first-order valence-corrected chi connectivity index (χ1v) is 12.6. The number of hydrogen-bond donors (Lipinski definition) is 2. The molecular weight excluding hydrogens is 648 g/mol. The van der Waals surface area contributed by atoms with Crippen LogP contribution >= 0.6 is 0 Å². The molecule has 244 valence electrons. The number of alkyl halides is 6. The van der Waals surface area contributed by atoms with Crippen molar-refractivity contribution in [1.82, 2.24) is 14.7 Å². The van der Waals surface area contributed by atoms with Crippen molar-refractivity contribution in [3.63, 3.8) is 0 Å². The van der Waals surface area contributed by atoms with Crippen molar-refractivity contribution in [2.24, 2.45) is 0 Å². The molecular formula is C25H16F8N6O7. The van der Waals surface area contributed by atoms with Crippen LogP contribution in [-0.2, 0) is 14.3 Å². The van der Waals surface area contributed by atoms with Crippen molar-refractivity contribution in [1.29, 1.82) is 0 Å². The third kappa shape index (κ3) is 6.92. The zero-order valence-corrected chi connectivity index (χ0v) is 22.5. The Kier molecular flexibility index (Phi) is 8.43. The number of nitrogens with zero attached hydrogens (tertiary/aromatic N) is 4. The van der Waals surface area contributed by atoms with E-state index in [0.717, 1.165) is 18.2 Å². The number of oxazole rings is 1. The maximum absolute atomic E-state index is 14.8. The molecule has 0 atom stereocenters. The number of nitrogens with one attached hydrogen (secondary N) is 2. The van der Waals surface area contributed by atoms with Crippen LogP contribution in [0, 0.1) is 11.6 Å². The van der Waals surface area contributed by atoms with Gasteiger partial charge in [-0.05, 0) is 30.3 Å². The average molecular weight is 664 g/mol. The summed E-state index contributed by atoms with van der Waals surface area (Å²) in [6, 6.07) is 5.43. The summed E-state index contributed by atoms with van der Waals surface area (Å²) in [4.78, 5) is 48.7. The van der Waals surface area contributed by atoms with E-state index in [2.05, 4.69) is 34.6 Å². The number of morpholine rings is 1. The van der Waals surface area contributed by atoms with Crippen LogP contribution in [0.4, 0.5) is 64.0 Å². The Morgan fingerprint density at radius 1 is 0.935 bits per heavy atom. The van der Waals surface area contributed by atoms with E-state index in [1.807, 2.05) is 4.90 Å². The van der Waals surface area contributed by atoms with Gasteiger partial charge in [0.2, 0.25) is 5.95 Å². The molecule has 1 aliphatic rings. The molecule has 46 heavy (non-hydrogen) atoms. The van der Waals surface area contributed by atoms with Crippen LogP contribution in [0.2, 0.25) is 0 Å². The summed E-state index contributed by atoms with van der Waals surface area (Å²) in [5, 5.41) is 4.82. The van der Waals surface area contributed by atoms with Gasteiger partial charge in [-0.1, -0.05) is 4.73 Å². The van der Waals surface area contributed by atoms with Gasteiger partial charge < -0.3 is 34.3 Å². The molecule has 0 spiro atoms. The third-order valence-electron chi connectivity index (χ3n) is 6.00. The number of carbonyl (C=O) groups is 2. The lowest BCUT2D eigenvalue weighted by Crippen LogP contribution is -2.37. The van der Waals surface area contributed by atoms with E-state index < -0.39 is 74.8 Å². The van der Waals surface area contributed by atoms with E-state index >= 15 is 0 Å². The molecule has 2 aromatic carbocycles. The normalized spacial score (nSPS) is 13.9. The van der Waals surface area contributed by atoms with Crippen LogP contribution in [-0.4, -0.2) is 65.3 Å². The lowest BCUT2D eigenvalue weighted by molar-refractivity contribution is -0.200. The number of fused-ring (bicyclic) bond motifs is 1. The summed E-state index contributed by atoms with van der Waals surface area (Å²) < 4.78 is 121. The molecule has 4 aromatic rings. The standard InChI is InChI=1S/C25H16F8N6O7/c26-11-7-12(9-13(8-11)38-3-5-43-6-4-38)35-22-34-10-14(27)19(37-22)36-15-1-2-16-17(18(15)45-20(40)24(28,29)30)39(23(42)44-16)46-21(41)25(31,32)33/h1-2,7-10H,3-6H2,(H2,34,35,36,37). The van der Waals surface area contributed by atoms with Crippen molar-refractivity contribution in [2.75, 3.05) is 41.8 Å². The number of anilines is 5. The minimum absolute atomic E-state index is 0.106. The number of esters is 1. The number of benzene rings is 2. The van der Waals surface area contributed by atoms with E-state index in [1.165, 1.54) is 12.1 Å². The molecule has 0 saturated carbocycles. The van der Waals surface area contributed by atoms with Crippen molar-refractivity contribution in [3.05, 3.63) is 58.7 Å². The molecule has 1 aliphatic heterocycles. The van der Waals surface area contributed by atoms with Crippen LogP contribution in [0.5, 0.6) is 5.75 Å². The Labute approximate surface area is 249 Å². The van der Waals surface area contributed by atoms with Crippen molar-refractivity contribution >= 4 is 51.9 Å². The van der Waals surface area contributed by atoms with E-state index in [1.54, 1.807) is 0 Å². The Hall–Kier alpha value is -5.47. The van der Waals surface area contributed by atoms with Crippen LogP contribution in [0.1, 0.15) is 0 Å². The lowest BCUT2D eigenvalue weighted by atomic mass is 10.2. The number of hydrogen-bond acceptors (Lipinski definition) is 12. The highest BCUT2D eigenvalue weighted by atomic mass is 19.4. The second kappa shape index (κ2) is 12.1. The predicted molar refractivity (Wildman–Crippen MR) is 138 cm³/mol. The van der Waals surface area contributed by atoms with Gasteiger partial charge in [0.1, 0.15) is 5.82 Å². The zero-order chi connectivity index (χ0) is 33.4. The van der Waals surface area contributed by atoms with Crippen LogP contribution < -0.4 is 30.9 Å². The Balaban J connectivity index is 1.53. The van der Waals surface area contributed by atoms with E-state index in [-0.39, 0.29) is 11.6 Å². The number of carbonyl (C=O) groups excluding carboxylic acids is 2. The molecule has 0 radical (unpaired) electrons. The second-order valence-electron chi connectivity index (χ2n) is 9.15. The maximum atomic E-state index is 14.8. The minimum Gasteiger partial charge on any atom is -0.415 e. The SMILES string of the molecule is O=C(Oc1c(Nc2nc(Nc3cc(F)cc(N4CCOCC4)c3)ncc2F)ccc2oc(=O)n(OC(=O)C(F)(F)F)c12)C(F)(F)F. The first-order chi connectivity index (χ1) is 21.6. The monoisotopic (exact) mass is 664 g/mol. The molecule has 0 aliphatic carbocycles. The summed E-state index contributed by atoms with van der Waals surface area (Å²) in [5.74, 6) is -12.2. The number of rotatable bonds is 7.